The first-order chi connectivity index (χ1) is 18.9. The van der Waals surface area contributed by atoms with E-state index in [1.54, 1.807) is 29.4 Å². The molecule has 0 radical (unpaired) electrons. The van der Waals surface area contributed by atoms with E-state index in [2.05, 4.69) is 9.97 Å². The van der Waals surface area contributed by atoms with Gasteiger partial charge in [-0.05, 0) is 49.4 Å². The van der Waals surface area contributed by atoms with Crippen LogP contribution in [0.4, 0.5) is 40.4 Å². The summed E-state index contributed by atoms with van der Waals surface area (Å²) in [6.45, 7) is 1.46. The molecule has 206 valence electrons. The van der Waals surface area contributed by atoms with Crippen molar-refractivity contribution in [1.82, 2.24) is 14.5 Å². The zero-order valence-electron chi connectivity index (χ0n) is 21.8. The van der Waals surface area contributed by atoms with E-state index < -0.39 is 41.3 Å². The molecular formula is C28H24F4N6O2. The van der Waals surface area contributed by atoms with Gasteiger partial charge in [-0.25, -0.2) is 14.4 Å². The van der Waals surface area contributed by atoms with Gasteiger partial charge in [0, 0.05) is 44.4 Å². The van der Waals surface area contributed by atoms with Crippen LogP contribution in [-0.4, -0.2) is 46.0 Å². The monoisotopic (exact) mass is 552 g/mol. The third-order valence-corrected chi connectivity index (χ3v) is 7.56. The number of nitrogens with zero attached hydrogens (tertiary/aromatic N) is 6. The van der Waals surface area contributed by atoms with Crippen LogP contribution in [0.3, 0.4) is 0 Å². The van der Waals surface area contributed by atoms with E-state index in [0.29, 0.717) is 5.69 Å². The smallest absolute Gasteiger partial charge is 0.337 e. The van der Waals surface area contributed by atoms with Crippen molar-refractivity contribution in [3.63, 3.8) is 0 Å². The van der Waals surface area contributed by atoms with Crippen LogP contribution in [0.25, 0.3) is 11.0 Å². The first-order valence-electron chi connectivity index (χ1n) is 12.6. The summed E-state index contributed by atoms with van der Waals surface area (Å²) < 4.78 is 58.2. The fraction of sp³-hybridized carbons (Fsp3) is 0.286. The van der Waals surface area contributed by atoms with Crippen LogP contribution in [0.15, 0.2) is 54.9 Å². The molecule has 0 saturated carbocycles. The van der Waals surface area contributed by atoms with E-state index in [1.807, 2.05) is 17.7 Å². The van der Waals surface area contributed by atoms with Crippen LogP contribution in [-0.2, 0) is 22.8 Å². The Balaban J connectivity index is 1.51. The van der Waals surface area contributed by atoms with Gasteiger partial charge >= 0.3 is 6.18 Å². The molecule has 6 rings (SSSR count). The van der Waals surface area contributed by atoms with Crippen LogP contribution in [0.1, 0.15) is 17.7 Å². The Kier molecular flexibility index (Phi) is 5.82. The Morgan fingerprint density at radius 1 is 1.02 bits per heavy atom. The fourth-order valence-corrected chi connectivity index (χ4v) is 5.69. The maximum atomic E-state index is 15.5. The van der Waals surface area contributed by atoms with Gasteiger partial charge in [-0.1, -0.05) is 6.07 Å². The van der Waals surface area contributed by atoms with E-state index >= 15 is 4.39 Å². The van der Waals surface area contributed by atoms with E-state index in [1.165, 1.54) is 31.0 Å². The Labute approximate surface area is 226 Å². The molecule has 0 unspecified atom stereocenters. The molecular weight excluding hydrogens is 528 g/mol. The number of aromatic nitrogens is 3. The zero-order chi connectivity index (χ0) is 28.5. The third kappa shape index (κ3) is 4.05. The number of rotatable bonds is 2. The van der Waals surface area contributed by atoms with Gasteiger partial charge in [-0.2, -0.15) is 13.2 Å². The van der Waals surface area contributed by atoms with Gasteiger partial charge in [0.25, 0.3) is 0 Å². The lowest BCUT2D eigenvalue weighted by Crippen LogP contribution is -2.52. The summed E-state index contributed by atoms with van der Waals surface area (Å²) in [7, 11) is 3.30. The van der Waals surface area contributed by atoms with Gasteiger partial charge in [-0.15, -0.1) is 0 Å². The standard InChI is InChI=1S/C28H24F4N6O2/c1-15-9-17(28(30,31)32)11-23(34-15)38-24(39)10-16-13-37(18-7-8-20-22(12-18)35(2)14-33-20)26-19(29)5-4-6-21(26)36(3)27(40)25(16)38/h4-9,11-12,14,16,25H,10,13H2,1-3H3/t16-,25+/m1/s1. The predicted molar refractivity (Wildman–Crippen MR) is 141 cm³/mol. The summed E-state index contributed by atoms with van der Waals surface area (Å²) in [5.74, 6) is -2.54. The first-order valence-corrected chi connectivity index (χ1v) is 12.6. The lowest BCUT2D eigenvalue weighted by molar-refractivity contribution is -0.137. The fourth-order valence-electron chi connectivity index (χ4n) is 5.69. The number of amides is 2. The number of halogens is 4. The van der Waals surface area contributed by atoms with E-state index in [-0.39, 0.29) is 35.9 Å². The normalized spacial score (nSPS) is 19.6. The van der Waals surface area contributed by atoms with Gasteiger partial charge in [0.2, 0.25) is 11.8 Å². The van der Waals surface area contributed by atoms with E-state index in [9.17, 15) is 22.8 Å². The minimum absolute atomic E-state index is 0.0573. The molecule has 40 heavy (non-hydrogen) atoms. The topological polar surface area (TPSA) is 74.6 Å². The Hall–Kier alpha value is -4.48. The summed E-state index contributed by atoms with van der Waals surface area (Å²) in [6.07, 6.45) is -3.13. The summed E-state index contributed by atoms with van der Waals surface area (Å²) >= 11 is 0. The number of imidazole rings is 1. The van der Waals surface area contributed by atoms with Crippen LogP contribution in [0.2, 0.25) is 0 Å². The molecule has 4 aromatic rings. The van der Waals surface area contributed by atoms with Gasteiger partial charge in [0.15, 0.2) is 0 Å². The summed E-state index contributed by atoms with van der Waals surface area (Å²) in [5.41, 5.74) is 1.68. The molecule has 2 aliphatic rings. The minimum atomic E-state index is -4.66. The third-order valence-electron chi connectivity index (χ3n) is 7.56. The molecule has 0 bridgehead atoms. The second-order valence-corrected chi connectivity index (χ2v) is 10.2. The number of benzene rings is 2. The average Bonchev–Trinajstić information content (AvgIpc) is 3.43. The number of alkyl halides is 3. The molecule has 2 aromatic heterocycles. The lowest BCUT2D eigenvalue weighted by atomic mass is 9.95. The number of hydrogen-bond donors (Lipinski definition) is 0. The van der Waals surface area contributed by atoms with Crippen molar-refractivity contribution >= 4 is 45.7 Å². The largest absolute Gasteiger partial charge is 0.416 e. The summed E-state index contributed by atoms with van der Waals surface area (Å²) in [6, 6.07) is 10.4. The molecule has 8 nitrogen and oxygen atoms in total. The van der Waals surface area contributed by atoms with Gasteiger partial charge in [0.05, 0.1) is 28.6 Å². The molecule has 2 amide bonds. The first kappa shape index (κ1) is 25.8. The maximum absolute atomic E-state index is 15.5. The average molecular weight is 553 g/mol. The molecule has 2 atom stereocenters. The van der Waals surface area contributed by atoms with Crippen LogP contribution in [0.5, 0.6) is 0 Å². The van der Waals surface area contributed by atoms with Gasteiger partial charge < -0.3 is 14.4 Å². The number of anilines is 4. The van der Waals surface area contributed by atoms with Crippen molar-refractivity contribution in [2.45, 2.75) is 25.6 Å². The number of carbonyl (C=O) groups is 2. The SMILES string of the molecule is Cc1cc(C(F)(F)F)cc(N2C(=O)C[C@@H]3CN(c4ccc5ncn(C)c5c4)c4c(F)cccc4N(C)C(=O)[C@H]32)n1. The number of para-hydroxylation sites is 1. The van der Waals surface area contributed by atoms with Crippen LogP contribution >= 0.6 is 0 Å². The van der Waals surface area contributed by atoms with Crippen molar-refractivity contribution in [3.8, 4) is 0 Å². The number of hydrogen-bond acceptors (Lipinski definition) is 5. The van der Waals surface area contributed by atoms with Crippen LogP contribution in [0, 0.1) is 18.7 Å². The molecule has 2 aliphatic heterocycles. The van der Waals surface area contributed by atoms with Gasteiger partial charge in [0.1, 0.15) is 23.4 Å². The Morgan fingerprint density at radius 2 is 1.80 bits per heavy atom. The molecule has 0 spiro atoms. The van der Waals surface area contributed by atoms with Crippen molar-refractivity contribution in [2.75, 3.05) is 28.3 Å². The molecule has 1 saturated heterocycles. The predicted octanol–water partition coefficient (Wildman–Crippen LogP) is 4.97. The van der Waals surface area contributed by atoms with Crippen molar-refractivity contribution in [2.24, 2.45) is 13.0 Å². The second-order valence-electron chi connectivity index (χ2n) is 10.2. The van der Waals surface area contributed by atoms with E-state index in [4.69, 9.17) is 0 Å². The number of fused-ring (bicyclic) bond motifs is 3. The molecule has 2 aromatic carbocycles. The quantitative estimate of drug-likeness (QED) is 0.329. The van der Waals surface area contributed by atoms with Gasteiger partial charge in [-0.3, -0.25) is 14.5 Å². The van der Waals surface area contributed by atoms with Crippen molar-refractivity contribution in [1.29, 1.82) is 0 Å². The Bertz CT molecular complexity index is 1680. The van der Waals surface area contributed by atoms with E-state index in [0.717, 1.165) is 28.1 Å². The number of carbonyl (C=O) groups excluding carboxylic acids is 2. The summed E-state index contributed by atoms with van der Waals surface area (Å²) in [5, 5.41) is 0. The highest BCUT2D eigenvalue weighted by Gasteiger charge is 2.49. The number of aryl methyl sites for hydroxylation is 2. The van der Waals surface area contributed by atoms with Crippen molar-refractivity contribution in [3.05, 3.63) is 71.9 Å². The molecule has 4 heterocycles. The minimum Gasteiger partial charge on any atom is -0.337 e. The maximum Gasteiger partial charge on any atom is 0.416 e. The molecule has 1 fully saturated rings. The highest BCUT2D eigenvalue weighted by Crippen LogP contribution is 2.44. The molecule has 0 aliphatic carbocycles. The number of likely N-dealkylation sites (N-methyl/N-ethyl adjacent to an activating group) is 1. The van der Waals surface area contributed by atoms with Crippen LogP contribution < -0.4 is 14.7 Å². The summed E-state index contributed by atoms with van der Waals surface area (Å²) in [4.78, 5) is 39.9. The molecule has 12 heteroatoms. The second kappa shape index (κ2) is 9.04. The van der Waals surface area contributed by atoms with Crippen molar-refractivity contribution < 1.29 is 27.2 Å². The number of pyridine rings is 1. The zero-order valence-corrected chi connectivity index (χ0v) is 21.8. The molecule has 0 N–H and O–H groups in total. The highest BCUT2D eigenvalue weighted by molar-refractivity contribution is 6.10. The lowest BCUT2D eigenvalue weighted by Gasteiger charge is -2.39. The Morgan fingerprint density at radius 3 is 2.55 bits per heavy atom. The highest BCUT2D eigenvalue weighted by atomic mass is 19.4.